The molecule has 1 aromatic carbocycles. The number of hydrogen-bond donors (Lipinski definition) is 3. The van der Waals surface area contributed by atoms with E-state index in [0.717, 1.165) is 28.8 Å². The Morgan fingerprint density at radius 1 is 1.00 bits per heavy atom. The highest BCUT2D eigenvalue weighted by Gasteiger charge is 2.38. The minimum Gasteiger partial charge on any atom is -0.475 e. The largest absolute Gasteiger partial charge is 0.490 e. The van der Waals surface area contributed by atoms with Crippen molar-refractivity contribution in [3.05, 3.63) is 60.0 Å². The highest BCUT2D eigenvalue weighted by molar-refractivity contribution is 7.88. The van der Waals surface area contributed by atoms with Gasteiger partial charge in [0.2, 0.25) is 10.0 Å². The van der Waals surface area contributed by atoms with Gasteiger partial charge in [0.05, 0.1) is 29.2 Å². The van der Waals surface area contributed by atoms with Crippen molar-refractivity contribution in [3.8, 4) is 0 Å². The number of carboxylic acid groups (broad SMARTS) is 2. The number of halogens is 6. The molecule has 0 amide bonds. The number of alkyl halides is 6. The topological polar surface area (TPSA) is 155 Å². The first-order chi connectivity index (χ1) is 18.4. The summed E-state index contributed by atoms with van der Waals surface area (Å²) in [5.41, 5.74) is 3.08. The predicted molar refractivity (Wildman–Crippen MR) is 127 cm³/mol. The Bertz CT molecular complexity index is 1400. The van der Waals surface area contributed by atoms with Crippen LogP contribution < -0.4 is 4.72 Å². The highest BCUT2D eigenvalue weighted by Crippen LogP contribution is 2.22. The van der Waals surface area contributed by atoms with Gasteiger partial charge in [-0.05, 0) is 18.2 Å². The number of sulfonamides is 1. The number of fused-ring (bicyclic) bond motifs is 2. The number of nitrogens with one attached hydrogen (secondary N) is 1. The molecule has 0 saturated heterocycles. The predicted octanol–water partition coefficient (Wildman–Crippen LogP) is 2.80. The second-order valence-corrected chi connectivity index (χ2v) is 10.1. The van der Waals surface area contributed by atoms with Gasteiger partial charge in [0, 0.05) is 37.8 Å². The van der Waals surface area contributed by atoms with Crippen molar-refractivity contribution in [1.82, 2.24) is 24.4 Å². The van der Waals surface area contributed by atoms with Crippen LogP contribution in [0, 0.1) is 0 Å². The summed E-state index contributed by atoms with van der Waals surface area (Å²) in [7, 11) is -3.23. The van der Waals surface area contributed by atoms with Gasteiger partial charge in [-0.15, -0.1) is 0 Å². The number of benzene rings is 1. The van der Waals surface area contributed by atoms with Crippen molar-refractivity contribution in [2.45, 2.75) is 31.5 Å². The molecule has 1 unspecified atom stereocenters. The lowest BCUT2D eigenvalue weighted by molar-refractivity contribution is -0.193. The number of rotatable bonds is 5. The van der Waals surface area contributed by atoms with E-state index in [1.54, 1.807) is 6.20 Å². The molecule has 4 rings (SSSR count). The maximum Gasteiger partial charge on any atom is 0.490 e. The third-order valence-corrected chi connectivity index (χ3v) is 5.75. The second-order valence-electron chi connectivity index (χ2n) is 8.31. The fraction of sp³-hybridized carbons (Fsp3) is 0.364. The fourth-order valence-electron chi connectivity index (χ4n) is 3.41. The lowest BCUT2D eigenvalue weighted by Gasteiger charge is -2.33. The average molecular weight is 600 g/mol. The number of hydrogen-bond acceptors (Lipinski definition) is 7. The van der Waals surface area contributed by atoms with Crippen molar-refractivity contribution in [1.29, 1.82) is 0 Å². The minimum absolute atomic E-state index is 0.0380. The quantitative estimate of drug-likeness (QED) is 0.376. The molecule has 1 aliphatic heterocycles. The van der Waals surface area contributed by atoms with Gasteiger partial charge in [-0.1, -0.05) is 24.3 Å². The molecule has 18 heteroatoms. The van der Waals surface area contributed by atoms with Gasteiger partial charge in [0.25, 0.3) is 0 Å². The van der Waals surface area contributed by atoms with E-state index >= 15 is 0 Å². The molecule has 0 radical (unpaired) electrons. The fourth-order valence-corrected chi connectivity index (χ4v) is 3.90. The van der Waals surface area contributed by atoms with E-state index in [-0.39, 0.29) is 6.04 Å². The van der Waals surface area contributed by atoms with E-state index in [0.29, 0.717) is 19.6 Å². The number of aliphatic carboxylic acids is 2. The first-order valence-electron chi connectivity index (χ1n) is 11.0. The lowest BCUT2D eigenvalue weighted by atomic mass is 10.1. The zero-order valence-electron chi connectivity index (χ0n) is 20.5. The van der Waals surface area contributed by atoms with Crippen LogP contribution in [0.15, 0.2) is 48.7 Å². The molecule has 1 aliphatic rings. The SMILES string of the molecule is CS(=O)(=O)NCC1CN(Cc2ccc3ccccc3n2)Cc2ccnn21.O=C(O)C(F)(F)F.O=C(O)C(F)(F)F. The van der Waals surface area contributed by atoms with Crippen molar-refractivity contribution >= 4 is 32.9 Å². The van der Waals surface area contributed by atoms with Crippen LogP contribution >= 0.6 is 0 Å². The zero-order valence-corrected chi connectivity index (χ0v) is 21.3. The Labute approximate surface area is 223 Å². The Hall–Kier alpha value is -3.77. The first-order valence-corrected chi connectivity index (χ1v) is 12.9. The summed E-state index contributed by atoms with van der Waals surface area (Å²) in [6.07, 6.45) is -7.23. The van der Waals surface area contributed by atoms with E-state index in [9.17, 15) is 34.8 Å². The highest BCUT2D eigenvalue weighted by atomic mass is 32.2. The van der Waals surface area contributed by atoms with Crippen LogP contribution in [0.2, 0.25) is 0 Å². The summed E-state index contributed by atoms with van der Waals surface area (Å²) in [5, 5.41) is 19.7. The summed E-state index contributed by atoms with van der Waals surface area (Å²) in [4.78, 5) is 24.8. The van der Waals surface area contributed by atoms with Crippen LogP contribution in [-0.4, -0.2) is 81.9 Å². The molecule has 0 bridgehead atoms. The lowest BCUT2D eigenvalue weighted by Crippen LogP contribution is -2.42. The molecule has 0 aliphatic carbocycles. The van der Waals surface area contributed by atoms with E-state index in [1.165, 1.54) is 6.26 Å². The van der Waals surface area contributed by atoms with E-state index in [4.69, 9.17) is 24.8 Å². The molecular formula is C22H23F6N5O6S. The molecule has 2 aromatic heterocycles. The smallest absolute Gasteiger partial charge is 0.475 e. The van der Waals surface area contributed by atoms with Gasteiger partial charge in [-0.2, -0.15) is 31.4 Å². The Morgan fingerprint density at radius 2 is 1.57 bits per heavy atom. The van der Waals surface area contributed by atoms with Crippen molar-refractivity contribution in [2.75, 3.05) is 19.3 Å². The summed E-state index contributed by atoms with van der Waals surface area (Å²) < 4.78 is 90.9. The van der Waals surface area contributed by atoms with E-state index in [2.05, 4.69) is 32.9 Å². The molecular weight excluding hydrogens is 576 g/mol. The molecule has 1 atom stereocenters. The molecule has 0 spiro atoms. The summed E-state index contributed by atoms with van der Waals surface area (Å²) in [6, 6.07) is 14.2. The number of pyridine rings is 1. The van der Waals surface area contributed by atoms with Crippen molar-refractivity contribution in [3.63, 3.8) is 0 Å². The molecule has 220 valence electrons. The van der Waals surface area contributed by atoms with Gasteiger partial charge >= 0.3 is 24.3 Å². The third-order valence-electron chi connectivity index (χ3n) is 5.06. The molecule has 3 aromatic rings. The van der Waals surface area contributed by atoms with Crippen LogP contribution in [0.4, 0.5) is 26.3 Å². The molecule has 3 heterocycles. The van der Waals surface area contributed by atoms with Gasteiger partial charge in [0.15, 0.2) is 0 Å². The number of nitrogens with zero attached hydrogens (tertiary/aromatic N) is 4. The zero-order chi connectivity index (χ0) is 30.3. The second kappa shape index (κ2) is 13.1. The molecule has 40 heavy (non-hydrogen) atoms. The number of carboxylic acids is 2. The number of aromatic nitrogens is 3. The van der Waals surface area contributed by atoms with E-state index in [1.807, 2.05) is 28.9 Å². The van der Waals surface area contributed by atoms with Crippen molar-refractivity contribution in [2.24, 2.45) is 0 Å². The van der Waals surface area contributed by atoms with Gasteiger partial charge in [0.1, 0.15) is 0 Å². The van der Waals surface area contributed by atoms with Crippen LogP contribution in [0.25, 0.3) is 10.9 Å². The first kappa shape index (κ1) is 32.4. The molecule has 0 fully saturated rings. The van der Waals surface area contributed by atoms with Crippen LogP contribution in [0.3, 0.4) is 0 Å². The van der Waals surface area contributed by atoms with Gasteiger partial charge < -0.3 is 10.2 Å². The summed E-state index contributed by atoms with van der Waals surface area (Å²) in [6.45, 7) is 2.52. The molecule has 0 saturated carbocycles. The van der Waals surface area contributed by atoms with Gasteiger partial charge in [-0.25, -0.2) is 22.7 Å². The summed E-state index contributed by atoms with van der Waals surface area (Å²) in [5.74, 6) is -5.51. The Balaban J connectivity index is 0.000000333. The Morgan fingerprint density at radius 3 is 2.12 bits per heavy atom. The van der Waals surface area contributed by atoms with Crippen LogP contribution in [0.1, 0.15) is 17.4 Å². The average Bonchev–Trinajstić information content (AvgIpc) is 3.30. The third kappa shape index (κ3) is 10.4. The molecule has 11 nitrogen and oxygen atoms in total. The maximum absolute atomic E-state index is 11.5. The number of para-hydroxylation sites is 1. The standard InChI is InChI=1S/C18H21N5O2S.2C2HF3O2/c1-26(24,25)20-10-17-13-22(12-16-8-9-19-23(16)17)11-15-7-6-14-4-2-3-5-18(14)21-15;2*3-2(4,5)1(6)7/h2-9,17,20H,10-13H2,1H3;2*(H,6,7). The van der Waals surface area contributed by atoms with Crippen LogP contribution in [0.5, 0.6) is 0 Å². The summed E-state index contributed by atoms with van der Waals surface area (Å²) >= 11 is 0. The van der Waals surface area contributed by atoms with Crippen LogP contribution in [-0.2, 0) is 32.7 Å². The Kier molecular flexibility index (Phi) is 10.6. The monoisotopic (exact) mass is 599 g/mol. The number of carbonyl (C=O) groups is 2. The van der Waals surface area contributed by atoms with Crippen molar-refractivity contribution < 1.29 is 54.6 Å². The van der Waals surface area contributed by atoms with Gasteiger partial charge in [-0.3, -0.25) is 14.6 Å². The molecule has 3 N–H and O–H groups in total. The normalized spacial score (nSPS) is 15.7. The maximum atomic E-state index is 11.5. The minimum atomic E-state index is -5.08. The van der Waals surface area contributed by atoms with E-state index < -0.39 is 34.3 Å².